The van der Waals surface area contributed by atoms with Crippen LogP contribution in [0, 0.1) is 5.92 Å². The molecule has 9 heteroatoms. The number of nitrogens with zero attached hydrogens (tertiary/aromatic N) is 1. The number of hydrogen-bond acceptors (Lipinski definition) is 8. The van der Waals surface area contributed by atoms with E-state index in [9.17, 15) is 9.59 Å². The first-order chi connectivity index (χ1) is 16.5. The van der Waals surface area contributed by atoms with Crippen LogP contribution in [0.5, 0.6) is 5.75 Å². The number of benzene rings is 1. The fraction of sp³-hybridized carbons (Fsp3) is 0.680. The molecule has 1 unspecified atom stereocenters. The average Bonchev–Trinajstić information content (AvgIpc) is 2.86. The number of anilines is 1. The molecule has 1 atom stereocenters. The molecule has 4 N–H and O–H groups in total. The minimum Gasteiger partial charge on any atom is -0.491 e. The zero-order chi connectivity index (χ0) is 24.8. The van der Waals surface area contributed by atoms with Crippen LogP contribution < -0.4 is 21.3 Å². The molecule has 1 amide bonds. The maximum absolute atomic E-state index is 12.5. The van der Waals surface area contributed by atoms with Gasteiger partial charge >= 0.3 is 5.97 Å². The van der Waals surface area contributed by atoms with Crippen LogP contribution in [0.15, 0.2) is 18.2 Å². The summed E-state index contributed by atoms with van der Waals surface area (Å²) in [5, 5.41) is 0. The van der Waals surface area contributed by atoms with E-state index >= 15 is 0 Å². The summed E-state index contributed by atoms with van der Waals surface area (Å²) in [6.45, 7) is 11.0. The van der Waals surface area contributed by atoms with E-state index in [0.717, 1.165) is 52.0 Å². The first-order valence-corrected chi connectivity index (χ1v) is 12.5. The molecule has 2 rings (SSSR count). The molecule has 0 aliphatic carbocycles. The van der Waals surface area contributed by atoms with Crippen LogP contribution >= 0.6 is 0 Å². The molecule has 1 saturated heterocycles. The lowest BCUT2D eigenvalue weighted by molar-refractivity contribution is -0.122. The number of carbonyl (C=O) groups is 2. The molecule has 34 heavy (non-hydrogen) atoms. The molecule has 1 aromatic rings. The molecule has 0 spiro atoms. The Morgan fingerprint density at radius 1 is 1.18 bits per heavy atom. The van der Waals surface area contributed by atoms with Crippen molar-refractivity contribution in [2.75, 3.05) is 51.5 Å². The number of esters is 1. The van der Waals surface area contributed by atoms with Gasteiger partial charge in [-0.25, -0.2) is 4.79 Å². The fourth-order valence-corrected chi connectivity index (χ4v) is 3.76. The Morgan fingerprint density at radius 2 is 1.91 bits per heavy atom. The molecule has 1 aliphatic heterocycles. The molecule has 0 saturated carbocycles. The lowest BCUT2D eigenvalue weighted by Crippen LogP contribution is -2.44. The largest absolute Gasteiger partial charge is 0.491 e. The van der Waals surface area contributed by atoms with Gasteiger partial charge in [-0.15, -0.1) is 0 Å². The highest BCUT2D eigenvalue weighted by molar-refractivity contribution is 5.91. The molecular formula is C25H42N4O5. The standard InChI is InChI=1S/C25H42N4O5/c1-4-7-13-33-23-18-20(25(31)34-16-12-29(5-2)6-3)8-9-22(23)27-28-24(30)21(26)17-19-10-14-32-15-11-19/h8-9,18-19,21,27H,4-7,10-17,26H2,1-3H3,(H,28,30). The van der Waals surface area contributed by atoms with Gasteiger partial charge in [0.05, 0.1) is 23.9 Å². The minimum absolute atomic E-state index is 0.286. The maximum Gasteiger partial charge on any atom is 0.338 e. The van der Waals surface area contributed by atoms with E-state index in [1.54, 1.807) is 18.2 Å². The predicted octanol–water partition coefficient (Wildman–Crippen LogP) is 2.95. The summed E-state index contributed by atoms with van der Waals surface area (Å²) in [5.41, 5.74) is 12.7. The normalized spacial score (nSPS) is 15.1. The summed E-state index contributed by atoms with van der Waals surface area (Å²) in [6, 6.07) is 4.39. The molecule has 0 radical (unpaired) electrons. The van der Waals surface area contributed by atoms with Gasteiger partial charge in [0.25, 0.3) is 5.91 Å². The van der Waals surface area contributed by atoms with E-state index < -0.39 is 12.0 Å². The first kappa shape index (κ1) is 27.9. The summed E-state index contributed by atoms with van der Waals surface area (Å²) in [6.07, 6.45) is 4.33. The van der Waals surface area contributed by atoms with Gasteiger partial charge in [-0.05, 0) is 62.9 Å². The van der Waals surface area contributed by atoms with Gasteiger partial charge in [0.15, 0.2) is 0 Å². The number of unbranched alkanes of at least 4 members (excludes halogenated alkanes) is 1. The van der Waals surface area contributed by atoms with Gasteiger partial charge in [-0.1, -0.05) is 27.2 Å². The Bertz CT molecular complexity index is 751. The third kappa shape index (κ3) is 9.48. The molecule has 0 aromatic heterocycles. The summed E-state index contributed by atoms with van der Waals surface area (Å²) in [4.78, 5) is 27.2. The summed E-state index contributed by atoms with van der Waals surface area (Å²) >= 11 is 0. The topological polar surface area (TPSA) is 115 Å². The van der Waals surface area contributed by atoms with Crippen molar-refractivity contribution in [2.45, 2.75) is 58.9 Å². The van der Waals surface area contributed by atoms with Gasteiger partial charge in [-0.3, -0.25) is 15.6 Å². The monoisotopic (exact) mass is 478 g/mol. The predicted molar refractivity (Wildman–Crippen MR) is 133 cm³/mol. The summed E-state index contributed by atoms with van der Waals surface area (Å²) in [7, 11) is 0. The zero-order valence-electron chi connectivity index (χ0n) is 20.9. The molecule has 0 bridgehead atoms. The Kier molecular flexibility index (Phi) is 12.7. The van der Waals surface area contributed by atoms with Crippen molar-refractivity contribution < 1.29 is 23.8 Å². The van der Waals surface area contributed by atoms with Crippen LogP contribution in [-0.2, 0) is 14.3 Å². The van der Waals surface area contributed by atoms with E-state index in [0.29, 0.717) is 49.1 Å². The zero-order valence-corrected chi connectivity index (χ0v) is 20.9. The number of rotatable bonds is 15. The molecule has 192 valence electrons. The highest BCUT2D eigenvalue weighted by Crippen LogP contribution is 2.26. The van der Waals surface area contributed by atoms with Gasteiger partial charge in [0.2, 0.25) is 0 Å². The van der Waals surface area contributed by atoms with E-state index in [4.69, 9.17) is 19.9 Å². The van der Waals surface area contributed by atoms with Crippen molar-refractivity contribution >= 4 is 17.6 Å². The first-order valence-electron chi connectivity index (χ1n) is 12.5. The number of hydrogen-bond donors (Lipinski definition) is 3. The molecule has 1 aliphatic rings. The van der Waals surface area contributed by atoms with Crippen LogP contribution in [0.2, 0.25) is 0 Å². The molecule has 9 nitrogen and oxygen atoms in total. The number of hydrazine groups is 1. The number of carbonyl (C=O) groups excluding carboxylic acids is 2. The summed E-state index contributed by atoms with van der Waals surface area (Å²) < 4.78 is 16.7. The van der Waals surface area contributed by atoms with E-state index in [2.05, 4.69) is 36.5 Å². The second kappa shape index (κ2) is 15.5. The molecule has 1 fully saturated rings. The smallest absolute Gasteiger partial charge is 0.338 e. The third-order valence-corrected chi connectivity index (χ3v) is 6.09. The Morgan fingerprint density at radius 3 is 2.59 bits per heavy atom. The fourth-order valence-electron chi connectivity index (χ4n) is 3.76. The molecule has 1 aromatic carbocycles. The second-order valence-corrected chi connectivity index (χ2v) is 8.59. The number of likely N-dealkylation sites (N-methyl/N-ethyl adjacent to an activating group) is 1. The minimum atomic E-state index is -0.611. The molecular weight excluding hydrogens is 436 g/mol. The Hall–Kier alpha value is -2.36. The maximum atomic E-state index is 12.5. The number of nitrogens with one attached hydrogen (secondary N) is 2. The van der Waals surface area contributed by atoms with Crippen molar-refractivity contribution in [1.29, 1.82) is 0 Å². The SMILES string of the molecule is CCCCOc1cc(C(=O)OCCN(CC)CC)ccc1NNC(=O)C(N)CC1CCOCC1. The van der Waals surface area contributed by atoms with E-state index in [1.165, 1.54) is 0 Å². The molecule has 1 heterocycles. The highest BCUT2D eigenvalue weighted by atomic mass is 16.5. The van der Waals surface area contributed by atoms with Crippen molar-refractivity contribution in [1.82, 2.24) is 10.3 Å². The number of ether oxygens (including phenoxy) is 3. The number of amides is 1. The van der Waals surface area contributed by atoms with Gasteiger partial charge in [0, 0.05) is 19.8 Å². The lowest BCUT2D eigenvalue weighted by Gasteiger charge is -2.24. The lowest BCUT2D eigenvalue weighted by atomic mass is 9.92. The Balaban J connectivity index is 1.95. The number of nitrogens with two attached hydrogens (primary N) is 1. The van der Waals surface area contributed by atoms with Gasteiger partial charge in [0.1, 0.15) is 12.4 Å². The van der Waals surface area contributed by atoms with E-state index in [-0.39, 0.29) is 5.91 Å². The van der Waals surface area contributed by atoms with Crippen molar-refractivity contribution in [3.63, 3.8) is 0 Å². The average molecular weight is 479 g/mol. The van der Waals surface area contributed by atoms with Gasteiger partial charge < -0.3 is 24.8 Å². The van der Waals surface area contributed by atoms with Gasteiger partial charge in [-0.2, -0.15) is 0 Å². The highest BCUT2D eigenvalue weighted by Gasteiger charge is 2.22. The second-order valence-electron chi connectivity index (χ2n) is 8.59. The van der Waals surface area contributed by atoms with Crippen molar-refractivity contribution in [2.24, 2.45) is 11.7 Å². The quantitative estimate of drug-likeness (QED) is 0.200. The summed E-state index contributed by atoms with van der Waals surface area (Å²) in [5.74, 6) is 0.187. The third-order valence-electron chi connectivity index (χ3n) is 6.09. The van der Waals surface area contributed by atoms with Crippen LogP contribution in [0.3, 0.4) is 0 Å². The van der Waals surface area contributed by atoms with Crippen LogP contribution in [0.25, 0.3) is 0 Å². The van der Waals surface area contributed by atoms with Crippen LogP contribution in [-0.4, -0.2) is 68.9 Å². The van der Waals surface area contributed by atoms with Crippen LogP contribution in [0.4, 0.5) is 5.69 Å². The Labute approximate surface area is 203 Å². The van der Waals surface area contributed by atoms with Crippen molar-refractivity contribution in [3.8, 4) is 5.75 Å². The van der Waals surface area contributed by atoms with E-state index in [1.807, 2.05) is 0 Å². The van der Waals surface area contributed by atoms with Crippen molar-refractivity contribution in [3.05, 3.63) is 23.8 Å². The van der Waals surface area contributed by atoms with Crippen LogP contribution in [0.1, 0.15) is 63.2 Å².